The number of hydrogen-bond donors (Lipinski definition) is 5. The molecule has 0 rings (SSSR count). The molecular weight excluding hydrogens is 168 g/mol. The van der Waals surface area contributed by atoms with Gasteiger partial charge in [-0.2, -0.15) is 0 Å². The molecule has 12 heavy (non-hydrogen) atoms. The van der Waals surface area contributed by atoms with Gasteiger partial charge < -0.3 is 30.3 Å². The standard InChI is InChI=1S/C6H12O6/c7-1-3(9)5(11)6(12)4(10)2-8/h1,3-6,8-12H,2H2/p+1/t3-,4-,5-,6-/m1/s1. The van der Waals surface area contributed by atoms with Gasteiger partial charge in [0.15, 0.2) is 6.29 Å². The number of aldehydes is 1. The van der Waals surface area contributed by atoms with E-state index in [0.717, 1.165) is 0 Å². The Labute approximate surface area is 70.2 Å². The van der Waals surface area contributed by atoms with Crippen LogP contribution in [-0.4, -0.2) is 62.8 Å². The molecule has 0 aromatic carbocycles. The third kappa shape index (κ3) is 2.84. The molecule has 0 aliphatic carbocycles. The van der Waals surface area contributed by atoms with Gasteiger partial charge in [0.2, 0.25) is 0 Å². The molecule has 0 aromatic heterocycles. The van der Waals surface area contributed by atoms with Crippen molar-refractivity contribution in [2.75, 3.05) is 6.61 Å². The maximum Gasteiger partial charge on any atom is 1.00 e. The summed E-state index contributed by atoms with van der Waals surface area (Å²) >= 11 is 0. The zero-order valence-corrected chi connectivity index (χ0v) is 6.24. The van der Waals surface area contributed by atoms with Crippen LogP contribution in [0.4, 0.5) is 0 Å². The van der Waals surface area contributed by atoms with Gasteiger partial charge in [0.1, 0.15) is 24.4 Å². The van der Waals surface area contributed by atoms with Gasteiger partial charge in [-0.05, 0) is 0 Å². The summed E-state index contributed by atoms with van der Waals surface area (Å²) < 4.78 is 0. The van der Waals surface area contributed by atoms with E-state index in [1.165, 1.54) is 0 Å². The number of aliphatic hydroxyl groups is 5. The van der Waals surface area contributed by atoms with E-state index in [0.29, 0.717) is 0 Å². The maximum absolute atomic E-state index is 9.90. The third-order valence-corrected chi connectivity index (χ3v) is 1.42. The predicted octanol–water partition coefficient (Wildman–Crippen LogP) is -3.27. The molecule has 0 unspecified atom stereocenters. The number of carbonyl (C=O) groups excluding carboxylic acids is 1. The predicted molar refractivity (Wildman–Crippen MR) is 38.3 cm³/mol. The van der Waals surface area contributed by atoms with Crippen LogP contribution in [0.2, 0.25) is 0 Å². The van der Waals surface area contributed by atoms with E-state index < -0.39 is 31.0 Å². The fourth-order valence-corrected chi connectivity index (χ4v) is 0.618. The van der Waals surface area contributed by atoms with Crippen molar-refractivity contribution in [2.45, 2.75) is 24.4 Å². The summed E-state index contributed by atoms with van der Waals surface area (Å²) in [7, 11) is 0. The molecule has 0 aromatic rings. The smallest absolute Gasteiger partial charge is 0.394 e. The van der Waals surface area contributed by atoms with Crippen molar-refractivity contribution < 1.29 is 31.8 Å². The number of aliphatic hydroxyl groups excluding tert-OH is 5. The van der Waals surface area contributed by atoms with Crippen molar-refractivity contribution in [3.63, 3.8) is 0 Å². The molecule has 4 atom stereocenters. The van der Waals surface area contributed by atoms with Crippen LogP contribution in [0.3, 0.4) is 0 Å². The zero-order valence-electron chi connectivity index (χ0n) is 7.24. The molecule has 6 nitrogen and oxygen atoms in total. The molecule has 0 heterocycles. The van der Waals surface area contributed by atoms with Crippen molar-refractivity contribution in [1.82, 2.24) is 0 Å². The van der Waals surface area contributed by atoms with Gasteiger partial charge in [0.25, 0.3) is 0 Å². The Bertz CT molecular complexity index is 143. The molecule has 5 N–H and O–H groups in total. The van der Waals surface area contributed by atoms with Crippen LogP contribution in [0, 0.1) is 0 Å². The molecule has 0 aliphatic rings. The Morgan fingerprint density at radius 3 is 2.00 bits per heavy atom. The molecule has 6 heteroatoms. The van der Waals surface area contributed by atoms with Crippen LogP contribution in [0.15, 0.2) is 0 Å². The summed E-state index contributed by atoms with van der Waals surface area (Å²) in [4.78, 5) is 9.90. The minimum atomic E-state index is -1.79. The molecular formula is C6H13O6+. The third-order valence-electron chi connectivity index (χ3n) is 1.42. The Kier molecular flexibility index (Phi) is 4.95. The fraction of sp³-hybridized carbons (Fsp3) is 0.833. The Balaban J connectivity index is 0. The van der Waals surface area contributed by atoms with Gasteiger partial charge in [-0.3, -0.25) is 0 Å². The highest BCUT2D eigenvalue weighted by Gasteiger charge is 2.29. The second kappa shape index (κ2) is 5.18. The second-order valence-corrected chi connectivity index (χ2v) is 2.36. The molecule has 0 bridgehead atoms. The minimum Gasteiger partial charge on any atom is -0.394 e. The van der Waals surface area contributed by atoms with E-state index in [-0.39, 0.29) is 7.71 Å². The van der Waals surface area contributed by atoms with E-state index in [1.807, 2.05) is 0 Å². The molecule has 0 spiro atoms. The van der Waals surface area contributed by atoms with Crippen LogP contribution in [0.1, 0.15) is 1.43 Å². The summed E-state index contributed by atoms with van der Waals surface area (Å²) in [5.41, 5.74) is 0. The largest absolute Gasteiger partial charge is 1.00 e. The van der Waals surface area contributed by atoms with Crippen LogP contribution >= 0.6 is 0 Å². The van der Waals surface area contributed by atoms with Crippen molar-refractivity contribution in [3.05, 3.63) is 0 Å². The highest BCUT2D eigenvalue weighted by atomic mass is 16.4. The number of rotatable bonds is 5. The van der Waals surface area contributed by atoms with E-state index in [2.05, 4.69) is 0 Å². The van der Waals surface area contributed by atoms with Gasteiger partial charge in [-0.1, -0.05) is 0 Å². The minimum absolute atomic E-state index is 0. The van der Waals surface area contributed by atoms with Crippen LogP contribution in [0.25, 0.3) is 0 Å². The second-order valence-electron chi connectivity index (χ2n) is 2.36. The highest BCUT2D eigenvalue weighted by Crippen LogP contribution is 2.02. The number of carbonyl (C=O) groups is 1. The number of hydrogen-bond acceptors (Lipinski definition) is 6. The van der Waals surface area contributed by atoms with E-state index >= 15 is 0 Å². The lowest BCUT2D eigenvalue weighted by Crippen LogP contribution is -2.46. The van der Waals surface area contributed by atoms with E-state index in [1.54, 1.807) is 0 Å². The zero-order chi connectivity index (χ0) is 9.72. The first-order chi connectivity index (χ1) is 5.54. The topological polar surface area (TPSA) is 118 Å². The average molecular weight is 181 g/mol. The van der Waals surface area contributed by atoms with Gasteiger partial charge >= 0.3 is 1.43 Å². The lowest BCUT2D eigenvalue weighted by molar-refractivity contribution is -0.136. The monoisotopic (exact) mass is 181 g/mol. The summed E-state index contributed by atoms with van der Waals surface area (Å²) in [6, 6.07) is 0. The van der Waals surface area contributed by atoms with E-state index in [9.17, 15) is 4.79 Å². The molecule has 0 radical (unpaired) electrons. The Hall–Kier alpha value is -0.530. The van der Waals surface area contributed by atoms with Crippen LogP contribution in [-0.2, 0) is 4.79 Å². The summed E-state index contributed by atoms with van der Waals surface area (Å²) in [6.07, 6.45) is -6.84. The Morgan fingerprint density at radius 1 is 1.17 bits per heavy atom. The van der Waals surface area contributed by atoms with Crippen LogP contribution in [0.5, 0.6) is 0 Å². The SMILES string of the molecule is O=C[C@@H](O)[C@@H](O)[C@H](O)[C@H](O)CO.[H+]. The maximum atomic E-state index is 9.90. The summed E-state index contributed by atoms with van der Waals surface area (Å²) in [6.45, 7) is -0.760. The molecule has 0 saturated heterocycles. The lowest BCUT2D eigenvalue weighted by atomic mass is 10.0. The highest BCUT2D eigenvalue weighted by molar-refractivity contribution is 5.56. The van der Waals surface area contributed by atoms with Gasteiger partial charge in [0.05, 0.1) is 6.61 Å². The molecule has 0 amide bonds. The first kappa shape index (κ1) is 11.5. The Morgan fingerprint density at radius 2 is 1.67 bits per heavy atom. The molecule has 72 valence electrons. The lowest BCUT2D eigenvalue weighted by Gasteiger charge is -2.22. The first-order valence-electron chi connectivity index (χ1n) is 3.33. The molecule has 0 saturated carbocycles. The van der Waals surface area contributed by atoms with E-state index in [4.69, 9.17) is 25.5 Å². The molecule has 0 fully saturated rings. The van der Waals surface area contributed by atoms with Crippen molar-refractivity contribution >= 4 is 6.29 Å². The quantitative estimate of drug-likeness (QED) is 0.284. The van der Waals surface area contributed by atoms with Gasteiger partial charge in [-0.25, -0.2) is 0 Å². The van der Waals surface area contributed by atoms with Crippen molar-refractivity contribution in [1.29, 1.82) is 0 Å². The average Bonchev–Trinajstić information content (AvgIpc) is 2.12. The first-order valence-corrected chi connectivity index (χ1v) is 3.33. The van der Waals surface area contributed by atoms with Gasteiger partial charge in [0, 0.05) is 0 Å². The van der Waals surface area contributed by atoms with Crippen molar-refractivity contribution in [2.24, 2.45) is 0 Å². The van der Waals surface area contributed by atoms with Crippen molar-refractivity contribution in [3.8, 4) is 0 Å². The van der Waals surface area contributed by atoms with Gasteiger partial charge in [-0.15, -0.1) is 0 Å². The van der Waals surface area contributed by atoms with Crippen LogP contribution < -0.4 is 0 Å². The fourth-order valence-electron chi connectivity index (χ4n) is 0.618. The summed E-state index contributed by atoms with van der Waals surface area (Å²) in [5.74, 6) is 0. The summed E-state index contributed by atoms with van der Waals surface area (Å²) in [5, 5.41) is 43.5. The normalized spacial score (nSPS) is 21.1. The molecule has 0 aliphatic heterocycles.